The number of anilines is 1. The molecule has 2 aromatic rings. The molecule has 5 heteroatoms. The molecule has 0 bridgehead atoms. The number of phenolic OH excluding ortho intramolecular Hbond substituents is 1. The van der Waals surface area contributed by atoms with Crippen molar-refractivity contribution in [2.75, 3.05) is 26.2 Å². The van der Waals surface area contributed by atoms with Crippen LogP contribution in [0.5, 0.6) is 17.2 Å². The molecule has 1 N–H and O–H groups in total. The van der Waals surface area contributed by atoms with Crippen molar-refractivity contribution in [2.24, 2.45) is 0 Å². The molecule has 0 radical (unpaired) electrons. The van der Waals surface area contributed by atoms with Crippen molar-refractivity contribution in [2.45, 2.75) is 0 Å². The first-order chi connectivity index (χ1) is 10.1. The Bertz CT molecular complexity index is 632. The van der Waals surface area contributed by atoms with Crippen molar-refractivity contribution in [1.29, 1.82) is 0 Å². The van der Waals surface area contributed by atoms with Gasteiger partial charge in [-0.3, -0.25) is 4.79 Å². The van der Waals surface area contributed by atoms with E-state index in [-0.39, 0.29) is 11.7 Å². The highest BCUT2D eigenvalue weighted by atomic mass is 16.5. The van der Waals surface area contributed by atoms with Gasteiger partial charge in [0.15, 0.2) is 0 Å². The van der Waals surface area contributed by atoms with Crippen LogP contribution < -0.4 is 14.4 Å². The van der Waals surface area contributed by atoms with E-state index in [1.165, 1.54) is 25.2 Å². The minimum atomic E-state index is -0.282. The summed E-state index contributed by atoms with van der Waals surface area (Å²) in [6, 6.07) is 11.6. The van der Waals surface area contributed by atoms with Crippen LogP contribution >= 0.6 is 0 Å². The third-order valence-electron chi connectivity index (χ3n) is 3.16. The molecule has 0 saturated carbocycles. The zero-order chi connectivity index (χ0) is 15.4. The molecule has 0 spiro atoms. The van der Waals surface area contributed by atoms with Crippen molar-refractivity contribution in [1.82, 2.24) is 0 Å². The maximum absolute atomic E-state index is 12.7. The van der Waals surface area contributed by atoms with E-state index in [9.17, 15) is 9.90 Å². The first-order valence-corrected chi connectivity index (χ1v) is 6.36. The van der Waals surface area contributed by atoms with Gasteiger partial charge in [-0.25, -0.2) is 0 Å². The summed E-state index contributed by atoms with van der Waals surface area (Å²) in [5.41, 5.74) is 0.918. The Morgan fingerprint density at radius 2 is 1.62 bits per heavy atom. The fraction of sp³-hybridized carbons (Fsp3) is 0.188. The molecule has 110 valence electrons. The summed E-state index contributed by atoms with van der Waals surface area (Å²) in [6.45, 7) is 0. The van der Waals surface area contributed by atoms with Gasteiger partial charge in [0.05, 0.1) is 14.2 Å². The molecule has 0 aliphatic heterocycles. The second kappa shape index (κ2) is 6.17. The van der Waals surface area contributed by atoms with Crippen LogP contribution in [0.15, 0.2) is 42.5 Å². The smallest absolute Gasteiger partial charge is 0.265 e. The highest BCUT2D eigenvalue weighted by Crippen LogP contribution is 2.31. The Morgan fingerprint density at radius 3 is 2.14 bits per heavy atom. The average Bonchev–Trinajstić information content (AvgIpc) is 2.52. The summed E-state index contributed by atoms with van der Waals surface area (Å²) in [5, 5.41) is 9.53. The van der Waals surface area contributed by atoms with Gasteiger partial charge in [0.2, 0.25) is 0 Å². The fourth-order valence-electron chi connectivity index (χ4n) is 2.05. The second-order valence-electron chi connectivity index (χ2n) is 4.42. The molecule has 21 heavy (non-hydrogen) atoms. The van der Waals surface area contributed by atoms with Crippen LogP contribution in [0, 0.1) is 0 Å². The molecule has 0 aliphatic carbocycles. The molecule has 0 aromatic heterocycles. The lowest BCUT2D eigenvalue weighted by atomic mass is 10.1. The molecule has 0 heterocycles. The molecule has 0 atom stereocenters. The van der Waals surface area contributed by atoms with Crippen LogP contribution in [0.25, 0.3) is 0 Å². The van der Waals surface area contributed by atoms with Crippen molar-refractivity contribution in [3.63, 3.8) is 0 Å². The Morgan fingerprint density at radius 1 is 1.05 bits per heavy atom. The van der Waals surface area contributed by atoms with Crippen LogP contribution in [0.2, 0.25) is 0 Å². The highest BCUT2D eigenvalue weighted by molar-refractivity contribution is 6.09. The van der Waals surface area contributed by atoms with Crippen molar-refractivity contribution < 1.29 is 19.4 Å². The standard InChI is InChI=1S/C16H17NO4/c1-17(11-6-4-7-12(18)10-11)16(19)15-13(20-2)8-5-9-14(15)21-3/h4-10,18H,1-3H3. The summed E-state index contributed by atoms with van der Waals surface area (Å²) < 4.78 is 10.5. The number of nitrogens with zero attached hydrogens (tertiary/aromatic N) is 1. The van der Waals surface area contributed by atoms with E-state index in [1.54, 1.807) is 43.4 Å². The SMILES string of the molecule is COc1cccc(OC)c1C(=O)N(C)c1cccc(O)c1. The number of benzene rings is 2. The van der Waals surface area contributed by atoms with E-state index in [0.29, 0.717) is 22.7 Å². The molecule has 1 amide bonds. The number of carbonyl (C=O) groups excluding carboxylic acids is 1. The predicted molar refractivity (Wildman–Crippen MR) is 80.4 cm³/mol. The number of hydrogen-bond donors (Lipinski definition) is 1. The maximum atomic E-state index is 12.7. The predicted octanol–water partition coefficient (Wildman–Crippen LogP) is 2.69. The molecule has 5 nitrogen and oxygen atoms in total. The molecule has 0 saturated heterocycles. The molecule has 0 aliphatic rings. The molecular formula is C16H17NO4. The zero-order valence-electron chi connectivity index (χ0n) is 12.2. The number of rotatable bonds is 4. The molecule has 0 fully saturated rings. The molecular weight excluding hydrogens is 270 g/mol. The monoisotopic (exact) mass is 287 g/mol. The van der Waals surface area contributed by atoms with Crippen LogP contribution in [0.1, 0.15) is 10.4 Å². The van der Waals surface area contributed by atoms with Crippen LogP contribution in [-0.4, -0.2) is 32.3 Å². The maximum Gasteiger partial charge on any atom is 0.265 e. The molecule has 2 aromatic carbocycles. The summed E-state index contributed by atoms with van der Waals surface area (Å²) >= 11 is 0. The molecule has 0 unspecified atom stereocenters. The third-order valence-corrected chi connectivity index (χ3v) is 3.16. The van der Waals surface area contributed by atoms with Gasteiger partial charge in [0.25, 0.3) is 5.91 Å². The quantitative estimate of drug-likeness (QED) is 0.939. The van der Waals surface area contributed by atoms with Crippen LogP contribution in [0.4, 0.5) is 5.69 Å². The van der Waals surface area contributed by atoms with E-state index in [4.69, 9.17) is 9.47 Å². The summed E-state index contributed by atoms with van der Waals surface area (Å²) in [7, 11) is 4.63. The topological polar surface area (TPSA) is 59.0 Å². The van der Waals surface area contributed by atoms with Gasteiger partial charge >= 0.3 is 0 Å². The van der Waals surface area contributed by atoms with Crippen molar-refractivity contribution in [3.05, 3.63) is 48.0 Å². The van der Waals surface area contributed by atoms with Gasteiger partial charge in [-0.2, -0.15) is 0 Å². The first kappa shape index (κ1) is 14.7. The lowest BCUT2D eigenvalue weighted by molar-refractivity contribution is 0.0987. The van der Waals surface area contributed by atoms with E-state index in [0.717, 1.165) is 0 Å². The number of methoxy groups -OCH3 is 2. The number of ether oxygens (including phenoxy) is 2. The van der Waals surface area contributed by atoms with E-state index >= 15 is 0 Å². The minimum Gasteiger partial charge on any atom is -0.508 e. The van der Waals surface area contributed by atoms with Crippen LogP contribution in [0.3, 0.4) is 0 Å². The lowest BCUT2D eigenvalue weighted by Crippen LogP contribution is -2.27. The van der Waals surface area contributed by atoms with Crippen molar-refractivity contribution >= 4 is 11.6 Å². The highest BCUT2D eigenvalue weighted by Gasteiger charge is 2.22. The summed E-state index contributed by atoms with van der Waals surface area (Å²) in [6.07, 6.45) is 0. The van der Waals surface area contributed by atoms with E-state index < -0.39 is 0 Å². The van der Waals surface area contributed by atoms with E-state index in [2.05, 4.69) is 0 Å². The number of hydrogen-bond acceptors (Lipinski definition) is 4. The number of carbonyl (C=O) groups is 1. The Labute approximate surface area is 123 Å². The normalized spacial score (nSPS) is 10.0. The Hall–Kier alpha value is -2.69. The first-order valence-electron chi connectivity index (χ1n) is 6.36. The second-order valence-corrected chi connectivity index (χ2v) is 4.42. The average molecular weight is 287 g/mol. The zero-order valence-corrected chi connectivity index (χ0v) is 12.2. The summed E-state index contributed by atoms with van der Waals surface area (Å²) in [4.78, 5) is 14.1. The van der Waals surface area contributed by atoms with Crippen LogP contribution in [-0.2, 0) is 0 Å². The number of aromatic hydroxyl groups is 1. The van der Waals surface area contributed by atoms with Crippen molar-refractivity contribution in [3.8, 4) is 17.2 Å². The van der Waals surface area contributed by atoms with E-state index in [1.807, 2.05) is 0 Å². The summed E-state index contributed by atoms with van der Waals surface area (Å²) in [5.74, 6) is 0.687. The number of phenols is 1. The Kier molecular flexibility index (Phi) is 4.33. The largest absolute Gasteiger partial charge is 0.508 e. The van der Waals surface area contributed by atoms with Gasteiger partial charge in [0, 0.05) is 18.8 Å². The van der Waals surface area contributed by atoms with Gasteiger partial charge in [0.1, 0.15) is 22.8 Å². The fourth-order valence-corrected chi connectivity index (χ4v) is 2.05. The molecule has 2 rings (SSSR count). The van der Waals surface area contributed by atoms with Gasteiger partial charge in [-0.05, 0) is 24.3 Å². The van der Waals surface area contributed by atoms with Gasteiger partial charge in [-0.15, -0.1) is 0 Å². The minimum absolute atomic E-state index is 0.0964. The van der Waals surface area contributed by atoms with Gasteiger partial charge < -0.3 is 19.5 Å². The lowest BCUT2D eigenvalue weighted by Gasteiger charge is -2.20. The Balaban J connectivity index is 2.44. The number of amides is 1. The van der Waals surface area contributed by atoms with Gasteiger partial charge in [-0.1, -0.05) is 12.1 Å². The third kappa shape index (κ3) is 2.91.